The van der Waals surface area contributed by atoms with Crippen LogP contribution in [-0.2, 0) is 4.74 Å². The van der Waals surface area contributed by atoms with Crippen LogP contribution in [0.3, 0.4) is 0 Å². The number of hydrogen-bond donors (Lipinski definition) is 2. The fraction of sp³-hybridized carbons (Fsp3) is 0.353. The highest BCUT2D eigenvalue weighted by molar-refractivity contribution is 6.35. The summed E-state index contributed by atoms with van der Waals surface area (Å²) in [4.78, 5) is 14.4. The van der Waals surface area contributed by atoms with Gasteiger partial charge in [-0.25, -0.2) is 0 Å². The van der Waals surface area contributed by atoms with E-state index in [2.05, 4.69) is 25.7 Å². The van der Waals surface area contributed by atoms with Gasteiger partial charge >= 0.3 is 0 Å². The summed E-state index contributed by atoms with van der Waals surface area (Å²) in [5.41, 5.74) is 0.959. The molecular weight excluding hydrogens is 377 g/mol. The van der Waals surface area contributed by atoms with Gasteiger partial charge in [0.25, 0.3) is 5.91 Å². The molecule has 2 aromatic rings. The Hall–Kier alpha value is -1.93. The number of nitrogens with one attached hydrogen (secondary N) is 2. The average molecular weight is 396 g/mol. The lowest BCUT2D eigenvalue weighted by molar-refractivity contribution is 0.0383. The standard InChI is InChI=1S/C17H19Cl2N5O2/c18-12-9-13(19)11-14(10-12)21-16-2-1-15(22-23-16)17(25)20-3-4-24-5-7-26-8-6-24/h1-2,9-11H,3-8H2,(H,20,25)(H,21,23). The first-order chi connectivity index (χ1) is 12.6. The normalized spacial score (nSPS) is 14.8. The number of anilines is 2. The second-order valence-corrected chi connectivity index (χ2v) is 6.67. The topological polar surface area (TPSA) is 79.4 Å². The third kappa shape index (κ3) is 5.54. The first kappa shape index (κ1) is 18.8. The number of benzene rings is 1. The van der Waals surface area contributed by atoms with Crippen molar-refractivity contribution in [2.45, 2.75) is 0 Å². The first-order valence-electron chi connectivity index (χ1n) is 8.25. The van der Waals surface area contributed by atoms with Gasteiger partial charge in [-0.15, -0.1) is 10.2 Å². The van der Waals surface area contributed by atoms with Gasteiger partial charge in [0.2, 0.25) is 0 Å². The minimum absolute atomic E-state index is 0.247. The molecule has 0 bridgehead atoms. The maximum Gasteiger partial charge on any atom is 0.271 e. The number of carbonyl (C=O) groups excluding carboxylic acids is 1. The lowest BCUT2D eigenvalue weighted by atomic mass is 10.3. The number of aromatic nitrogens is 2. The summed E-state index contributed by atoms with van der Waals surface area (Å²) in [6.45, 7) is 4.61. The molecular formula is C17H19Cl2N5O2. The van der Waals surface area contributed by atoms with Crippen molar-refractivity contribution in [3.8, 4) is 0 Å². The van der Waals surface area contributed by atoms with E-state index in [1.807, 2.05) is 0 Å². The van der Waals surface area contributed by atoms with Crippen LogP contribution in [0, 0.1) is 0 Å². The number of nitrogens with zero attached hydrogens (tertiary/aromatic N) is 3. The van der Waals surface area contributed by atoms with E-state index < -0.39 is 0 Å². The van der Waals surface area contributed by atoms with Crippen LogP contribution in [-0.4, -0.2) is 60.4 Å². The lowest BCUT2D eigenvalue weighted by Gasteiger charge is -2.26. The molecule has 0 atom stereocenters. The third-order valence-corrected chi connectivity index (χ3v) is 4.29. The van der Waals surface area contributed by atoms with E-state index in [0.29, 0.717) is 28.1 Å². The molecule has 1 aromatic carbocycles. The molecule has 2 heterocycles. The van der Waals surface area contributed by atoms with Crippen LogP contribution in [0.25, 0.3) is 0 Å². The molecule has 26 heavy (non-hydrogen) atoms. The van der Waals surface area contributed by atoms with Crippen LogP contribution >= 0.6 is 23.2 Å². The molecule has 138 valence electrons. The predicted molar refractivity (Wildman–Crippen MR) is 101 cm³/mol. The van der Waals surface area contributed by atoms with Gasteiger partial charge in [-0.3, -0.25) is 9.69 Å². The van der Waals surface area contributed by atoms with Crippen LogP contribution < -0.4 is 10.6 Å². The number of amides is 1. The minimum atomic E-state index is -0.247. The van der Waals surface area contributed by atoms with Crippen LogP contribution in [0.15, 0.2) is 30.3 Å². The Balaban J connectivity index is 1.50. The summed E-state index contributed by atoms with van der Waals surface area (Å²) >= 11 is 11.9. The number of hydrogen-bond acceptors (Lipinski definition) is 6. The Kier molecular flexibility index (Phi) is 6.62. The first-order valence-corrected chi connectivity index (χ1v) is 9.01. The molecule has 1 aliphatic heterocycles. The van der Waals surface area contributed by atoms with Crippen molar-refractivity contribution < 1.29 is 9.53 Å². The molecule has 0 saturated carbocycles. The Morgan fingerprint density at radius 1 is 1.12 bits per heavy atom. The zero-order valence-electron chi connectivity index (χ0n) is 14.0. The lowest BCUT2D eigenvalue weighted by Crippen LogP contribution is -2.41. The second-order valence-electron chi connectivity index (χ2n) is 5.80. The molecule has 9 heteroatoms. The fourth-order valence-corrected chi connectivity index (χ4v) is 3.06. The number of rotatable bonds is 6. The Bertz CT molecular complexity index is 731. The van der Waals surface area contributed by atoms with E-state index in [9.17, 15) is 4.79 Å². The highest BCUT2D eigenvalue weighted by atomic mass is 35.5. The number of carbonyl (C=O) groups is 1. The van der Waals surface area contributed by atoms with Gasteiger partial charge in [-0.2, -0.15) is 0 Å². The third-order valence-electron chi connectivity index (χ3n) is 3.85. The molecule has 0 radical (unpaired) electrons. The summed E-state index contributed by atoms with van der Waals surface area (Å²) in [6, 6.07) is 8.39. The summed E-state index contributed by atoms with van der Waals surface area (Å²) in [5, 5.41) is 14.9. The van der Waals surface area contributed by atoms with Gasteiger partial charge < -0.3 is 15.4 Å². The maximum absolute atomic E-state index is 12.1. The molecule has 7 nitrogen and oxygen atoms in total. The van der Waals surface area contributed by atoms with E-state index >= 15 is 0 Å². The van der Waals surface area contributed by atoms with Gasteiger partial charge in [0.15, 0.2) is 11.5 Å². The molecule has 3 rings (SSSR count). The van der Waals surface area contributed by atoms with Crippen LogP contribution in [0.4, 0.5) is 11.5 Å². The number of morpholine rings is 1. The number of ether oxygens (including phenoxy) is 1. The van der Waals surface area contributed by atoms with Crippen molar-refractivity contribution in [1.82, 2.24) is 20.4 Å². The molecule has 1 saturated heterocycles. The maximum atomic E-state index is 12.1. The molecule has 0 aliphatic carbocycles. The van der Waals surface area contributed by atoms with Crippen molar-refractivity contribution in [3.63, 3.8) is 0 Å². The zero-order chi connectivity index (χ0) is 18.4. The van der Waals surface area contributed by atoms with E-state index in [1.165, 1.54) is 0 Å². The van der Waals surface area contributed by atoms with Gasteiger partial charge in [0.1, 0.15) is 0 Å². The van der Waals surface area contributed by atoms with Crippen LogP contribution in [0.1, 0.15) is 10.5 Å². The van der Waals surface area contributed by atoms with Gasteiger partial charge in [-0.1, -0.05) is 23.2 Å². The highest BCUT2D eigenvalue weighted by Crippen LogP contribution is 2.24. The van der Waals surface area contributed by atoms with Crippen molar-refractivity contribution in [1.29, 1.82) is 0 Å². The number of halogens is 2. The summed E-state index contributed by atoms with van der Waals surface area (Å²) < 4.78 is 5.30. The van der Waals surface area contributed by atoms with E-state index in [4.69, 9.17) is 27.9 Å². The largest absolute Gasteiger partial charge is 0.379 e. The van der Waals surface area contributed by atoms with E-state index in [-0.39, 0.29) is 11.6 Å². The molecule has 1 fully saturated rings. The Labute approximate surface area is 161 Å². The van der Waals surface area contributed by atoms with Gasteiger partial charge in [0.05, 0.1) is 13.2 Å². The molecule has 1 aromatic heterocycles. The summed E-state index contributed by atoms with van der Waals surface area (Å²) in [6.07, 6.45) is 0. The smallest absolute Gasteiger partial charge is 0.271 e. The van der Waals surface area contributed by atoms with E-state index in [0.717, 1.165) is 32.8 Å². The summed E-state index contributed by atoms with van der Waals surface area (Å²) in [5.74, 6) is 0.247. The quantitative estimate of drug-likeness (QED) is 0.782. The molecule has 1 amide bonds. The SMILES string of the molecule is O=C(NCCN1CCOCC1)c1ccc(Nc2cc(Cl)cc(Cl)c2)nn1. The second kappa shape index (κ2) is 9.14. The molecule has 0 spiro atoms. The van der Waals surface area contributed by atoms with Crippen LogP contribution in [0.5, 0.6) is 0 Å². The Morgan fingerprint density at radius 3 is 2.50 bits per heavy atom. The highest BCUT2D eigenvalue weighted by Gasteiger charge is 2.12. The van der Waals surface area contributed by atoms with Crippen molar-refractivity contribution >= 4 is 40.6 Å². The fourth-order valence-electron chi connectivity index (χ4n) is 2.54. The van der Waals surface area contributed by atoms with Crippen molar-refractivity contribution in [2.75, 3.05) is 44.7 Å². The van der Waals surface area contributed by atoms with Crippen molar-refractivity contribution in [3.05, 3.63) is 46.1 Å². The molecule has 0 unspecified atom stereocenters. The van der Waals surface area contributed by atoms with Crippen molar-refractivity contribution in [2.24, 2.45) is 0 Å². The Morgan fingerprint density at radius 2 is 1.85 bits per heavy atom. The van der Waals surface area contributed by atoms with E-state index in [1.54, 1.807) is 30.3 Å². The van der Waals surface area contributed by atoms with Gasteiger partial charge in [-0.05, 0) is 30.3 Å². The average Bonchev–Trinajstić information content (AvgIpc) is 2.62. The minimum Gasteiger partial charge on any atom is -0.379 e. The zero-order valence-corrected chi connectivity index (χ0v) is 15.6. The molecule has 1 aliphatic rings. The van der Waals surface area contributed by atoms with Crippen LogP contribution in [0.2, 0.25) is 10.0 Å². The molecule has 2 N–H and O–H groups in total. The monoisotopic (exact) mass is 395 g/mol. The van der Waals surface area contributed by atoms with Gasteiger partial charge in [0, 0.05) is 41.9 Å². The summed E-state index contributed by atoms with van der Waals surface area (Å²) in [7, 11) is 0. The predicted octanol–water partition coefficient (Wildman–Crippen LogP) is 2.59.